The van der Waals surface area contributed by atoms with Gasteiger partial charge in [-0.05, 0) is 29.9 Å². The van der Waals surface area contributed by atoms with E-state index in [1.165, 1.54) is 5.56 Å². The molecule has 0 aliphatic carbocycles. The van der Waals surface area contributed by atoms with E-state index >= 15 is 0 Å². The average Bonchev–Trinajstić information content (AvgIpc) is 2.74. The van der Waals surface area contributed by atoms with Gasteiger partial charge in [0.25, 0.3) is 0 Å². The second-order valence-corrected chi connectivity index (χ2v) is 6.85. The largest absolute Gasteiger partial charge is 0.374 e. The maximum atomic E-state index is 12.8. The van der Waals surface area contributed by atoms with Gasteiger partial charge in [-0.25, -0.2) is 0 Å². The van der Waals surface area contributed by atoms with Crippen LogP contribution in [0.15, 0.2) is 60.7 Å². The first-order valence-corrected chi connectivity index (χ1v) is 9.43. The van der Waals surface area contributed by atoms with E-state index in [2.05, 4.69) is 29.6 Å². The molecule has 3 rings (SSSR count). The van der Waals surface area contributed by atoms with Crippen molar-refractivity contribution < 1.29 is 14.3 Å². The molecule has 1 N–H and O–H groups in total. The SMILES string of the molecule is O=CNC(COCc1ccccc1)C(=O)N1CCC(c2ccccc2)CC1. The number of piperidine rings is 1. The monoisotopic (exact) mass is 366 g/mol. The van der Waals surface area contributed by atoms with Crippen molar-refractivity contribution in [3.63, 3.8) is 0 Å². The first-order chi connectivity index (χ1) is 13.3. The van der Waals surface area contributed by atoms with Gasteiger partial charge in [0.2, 0.25) is 12.3 Å². The van der Waals surface area contributed by atoms with Gasteiger partial charge in [-0.1, -0.05) is 60.7 Å². The summed E-state index contributed by atoms with van der Waals surface area (Å²) >= 11 is 0. The smallest absolute Gasteiger partial charge is 0.247 e. The van der Waals surface area contributed by atoms with Crippen molar-refractivity contribution in [2.75, 3.05) is 19.7 Å². The van der Waals surface area contributed by atoms with Crippen LogP contribution < -0.4 is 5.32 Å². The average molecular weight is 366 g/mol. The van der Waals surface area contributed by atoms with Gasteiger partial charge in [-0.3, -0.25) is 9.59 Å². The molecule has 2 aromatic rings. The van der Waals surface area contributed by atoms with Crippen molar-refractivity contribution in [1.82, 2.24) is 10.2 Å². The number of likely N-dealkylation sites (tertiary alicyclic amines) is 1. The third-order valence-electron chi connectivity index (χ3n) is 5.04. The highest BCUT2D eigenvalue weighted by atomic mass is 16.5. The third-order valence-corrected chi connectivity index (χ3v) is 5.04. The number of nitrogens with one attached hydrogen (secondary N) is 1. The van der Waals surface area contributed by atoms with Crippen LogP contribution in [-0.4, -0.2) is 43.0 Å². The molecule has 5 nitrogen and oxygen atoms in total. The number of rotatable bonds is 8. The van der Waals surface area contributed by atoms with E-state index in [-0.39, 0.29) is 12.5 Å². The quantitative estimate of drug-likeness (QED) is 0.731. The van der Waals surface area contributed by atoms with Crippen LogP contribution in [0, 0.1) is 0 Å². The van der Waals surface area contributed by atoms with Gasteiger partial charge < -0.3 is 15.0 Å². The fourth-order valence-electron chi connectivity index (χ4n) is 3.52. The number of carbonyl (C=O) groups is 2. The summed E-state index contributed by atoms with van der Waals surface area (Å²) in [6.45, 7) is 1.99. The molecule has 0 radical (unpaired) electrons. The molecule has 1 unspecified atom stereocenters. The van der Waals surface area contributed by atoms with Crippen molar-refractivity contribution in [3.05, 3.63) is 71.8 Å². The highest BCUT2D eigenvalue weighted by Crippen LogP contribution is 2.27. The van der Waals surface area contributed by atoms with Crippen LogP contribution in [0.4, 0.5) is 0 Å². The highest BCUT2D eigenvalue weighted by Gasteiger charge is 2.28. The molecule has 1 atom stereocenters. The molecule has 0 saturated carbocycles. The standard InChI is InChI=1S/C22H26N2O3/c25-17-23-21(16-27-15-18-7-3-1-4-8-18)22(26)24-13-11-20(12-14-24)19-9-5-2-6-10-19/h1-10,17,20-21H,11-16H2,(H,23,25). The summed E-state index contributed by atoms with van der Waals surface area (Å²) in [6.07, 6.45) is 2.45. The Balaban J connectivity index is 1.50. The van der Waals surface area contributed by atoms with Crippen molar-refractivity contribution >= 4 is 12.3 Å². The molecule has 27 heavy (non-hydrogen) atoms. The van der Waals surface area contributed by atoms with Gasteiger partial charge >= 0.3 is 0 Å². The van der Waals surface area contributed by atoms with E-state index in [9.17, 15) is 9.59 Å². The molecule has 0 bridgehead atoms. The molecular formula is C22H26N2O3. The van der Waals surface area contributed by atoms with Crippen LogP contribution in [0.3, 0.4) is 0 Å². The molecule has 142 valence electrons. The lowest BCUT2D eigenvalue weighted by atomic mass is 9.89. The van der Waals surface area contributed by atoms with Crippen molar-refractivity contribution in [2.24, 2.45) is 0 Å². The van der Waals surface area contributed by atoms with Crippen molar-refractivity contribution in [3.8, 4) is 0 Å². The van der Waals surface area contributed by atoms with E-state index < -0.39 is 6.04 Å². The Morgan fingerprint density at radius 1 is 1.07 bits per heavy atom. The first-order valence-electron chi connectivity index (χ1n) is 9.43. The molecule has 5 heteroatoms. The Bertz CT molecular complexity index is 713. The molecule has 1 aliphatic heterocycles. The Morgan fingerprint density at radius 2 is 1.70 bits per heavy atom. The zero-order valence-corrected chi connectivity index (χ0v) is 15.4. The molecule has 2 aromatic carbocycles. The van der Waals surface area contributed by atoms with Crippen LogP contribution in [0.5, 0.6) is 0 Å². The summed E-state index contributed by atoms with van der Waals surface area (Å²) in [5.41, 5.74) is 2.37. The predicted molar refractivity (Wildman–Crippen MR) is 104 cm³/mol. The molecular weight excluding hydrogens is 340 g/mol. The van der Waals surface area contributed by atoms with E-state index in [0.717, 1.165) is 18.4 Å². The second kappa shape index (κ2) is 9.88. The second-order valence-electron chi connectivity index (χ2n) is 6.85. The zero-order valence-electron chi connectivity index (χ0n) is 15.4. The number of nitrogens with zero attached hydrogens (tertiary/aromatic N) is 1. The number of benzene rings is 2. The summed E-state index contributed by atoms with van der Waals surface area (Å²) in [4.78, 5) is 25.6. The highest BCUT2D eigenvalue weighted by molar-refractivity contribution is 5.84. The number of ether oxygens (including phenoxy) is 1. The molecule has 1 fully saturated rings. The summed E-state index contributed by atoms with van der Waals surface area (Å²) in [5.74, 6) is 0.420. The maximum absolute atomic E-state index is 12.8. The van der Waals surface area contributed by atoms with Crippen LogP contribution in [-0.2, 0) is 20.9 Å². The molecule has 1 heterocycles. The lowest BCUT2D eigenvalue weighted by Crippen LogP contribution is -2.50. The lowest BCUT2D eigenvalue weighted by Gasteiger charge is -2.34. The van der Waals surface area contributed by atoms with Crippen LogP contribution >= 0.6 is 0 Å². The number of carbonyl (C=O) groups excluding carboxylic acids is 2. The third kappa shape index (κ3) is 5.41. The van der Waals surface area contributed by atoms with Crippen LogP contribution in [0.2, 0.25) is 0 Å². The fourth-order valence-corrected chi connectivity index (χ4v) is 3.52. The summed E-state index contributed by atoms with van der Waals surface area (Å²) in [7, 11) is 0. The minimum Gasteiger partial charge on any atom is -0.374 e. The van der Waals surface area contributed by atoms with E-state index in [0.29, 0.717) is 32.0 Å². The zero-order chi connectivity index (χ0) is 18.9. The molecule has 2 amide bonds. The first kappa shape index (κ1) is 19.1. The Hall–Kier alpha value is -2.66. The molecule has 0 spiro atoms. The molecule has 0 aromatic heterocycles. The van der Waals surface area contributed by atoms with Crippen LogP contribution in [0.25, 0.3) is 0 Å². The molecule has 1 saturated heterocycles. The Morgan fingerprint density at radius 3 is 2.33 bits per heavy atom. The van der Waals surface area contributed by atoms with E-state index in [4.69, 9.17) is 4.74 Å². The predicted octanol–water partition coefficient (Wildman–Crippen LogP) is 2.72. The van der Waals surface area contributed by atoms with E-state index in [1.807, 2.05) is 41.3 Å². The fraction of sp³-hybridized carbons (Fsp3) is 0.364. The molecule has 1 aliphatic rings. The van der Waals surface area contributed by atoms with Crippen molar-refractivity contribution in [2.45, 2.75) is 31.4 Å². The minimum absolute atomic E-state index is 0.0679. The van der Waals surface area contributed by atoms with Gasteiger partial charge in [0, 0.05) is 13.1 Å². The van der Waals surface area contributed by atoms with Gasteiger partial charge in [-0.2, -0.15) is 0 Å². The number of hydrogen-bond donors (Lipinski definition) is 1. The number of amides is 2. The normalized spacial score (nSPS) is 15.9. The van der Waals surface area contributed by atoms with E-state index in [1.54, 1.807) is 0 Å². The van der Waals surface area contributed by atoms with Gasteiger partial charge in [0.15, 0.2) is 0 Å². The topological polar surface area (TPSA) is 58.6 Å². The Kier molecular flexibility index (Phi) is 6.99. The van der Waals surface area contributed by atoms with Gasteiger partial charge in [-0.15, -0.1) is 0 Å². The summed E-state index contributed by atoms with van der Waals surface area (Å²) < 4.78 is 5.67. The summed E-state index contributed by atoms with van der Waals surface area (Å²) in [5, 5.41) is 2.61. The van der Waals surface area contributed by atoms with Crippen molar-refractivity contribution in [1.29, 1.82) is 0 Å². The van der Waals surface area contributed by atoms with Gasteiger partial charge in [0.1, 0.15) is 6.04 Å². The lowest BCUT2D eigenvalue weighted by molar-refractivity contribution is -0.137. The summed E-state index contributed by atoms with van der Waals surface area (Å²) in [6, 6.07) is 19.6. The number of hydrogen-bond acceptors (Lipinski definition) is 3. The Labute approximate surface area is 160 Å². The van der Waals surface area contributed by atoms with Gasteiger partial charge in [0.05, 0.1) is 13.2 Å². The minimum atomic E-state index is -0.639. The maximum Gasteiger partial charge on any atom is 0.247 e. The van der Waals surface area contributed by atoms with Crippen LogP contribution in [0.1, 0.15) is 29.9 Å².